The van der Waals surface area contributed by atoms with Crippen molar-refractivity contribution in [1.82, 2.24) is 9.97 Å². The summed E-state index contributed by atoms with van der Waals surface area (Å²) in [6.07, 6.45) is 9.68. The number of benzene rings is 1. The van der Waals surface area contributed by atoms with Crippen LogP contribution in [-0.4, -0.2) is 15.8 Å². The van der Waals surface area contributed by atoms with Gasteiger partial charge in [0.05, 0.1) is 5.56 Å². The first kappa shape index (κ1) is 19.1. The van der Waals surface area contributed by atoms with Crippen LogP contribution in [0.1, 0.15) is 35.8 Å². The second kappa shape index (κ2) is 8.05. The normalized spacial score (nSPS) is 14.6. The van der Waals surface area contributed by atoms with Crippen LogP contribution in [0.15, 0.2) is 52.5 Å². The Morgan fingerprint density at radius 2 is 2.10 bits per heavy atom. The van der Waals surface area contributed by atoms with Crippen molar-refractivity contribution >= 4 is 23.2 Å². The molecule has 2 aromatic heterocycles. The first-order valence-corrected chi connectivity index (χ1v) is 10.5. The van der Waals surface area contributed by atoms with E-state index in [9.17, 15) is 4.79 Å². The van der Waals surface area contributed by atoms with Gasteiger partial charge >= 0.3 is 0 Å². The molecule has 7 heteroatoms. The lowest BCUT2D eigenvalue weighted by Gasteiger charge is -2.09. The van der Waals surface area contributed by atoms with Crippen molar-refractivity contribution in [3.63, 3.8) is 0 Å². The predicted octanol–water partition coefficient (Wildman–Crippen LogP) is 3.73. The number of pyridine rings is 1. The van der Waals surface area contributed by atoms with Gasteiger partial charge in [0.1, 0.15) is 5.01 Å². The van der Waals surface area contributed by atoms with Gasteiger partial charge in [-0.15, -0.1) is 11.3 Å². The number of nitrogens with one attached hydrogen (secondary N) is 1. The molecule has 0 amide bonds. The van der Waals surface area contributed by atoms with Gasteiger partial charge in [-0.3, -0.25) is 4.79 Å². The summed E-state index contributed by atoms with van der Waals surface area (Å²) in [5.41, 5.74) is 9.22. The van der Waals surface area contributed by atoms with E-state index in [0.717, 1.165) is 33.4 Å². The summed E-state index contributed by atoms with van der Waals surface area (Å²) in [6, 6.07) is 9.99. The molecule has 0 unspecified atom stereocenters. The fraction of sp³-hybridized carbons (Fsp3) is 0.227. The van der Waals surface area contributed by atoms with Crippen molar-refractivity contribution < 1.29 is 0 Å². The summed E-state index contributed by atoms with van der Waals surface area (Å²) in [7, 11) is 0. The van der Waals surface area contributed by atoms with Gasteiger partial charge in [-0.1, -0.05) is 43.3 Å². The van der Waals surface area contributed by atoms with Gasteiger partial charge in [-0.05, 0) is 42.4 Å². The zero-order valence-corrected chi connectivity index (χ0v) is 17.0. The number of aromatic nitrogens is 2. The maximum Gasteiger partial charge on any atom is 0.260 e. The van der Waals surface area contributed by atoms with Gasteiger partial charge in [-0.25, -0.2) is 4.98 Å². The van der Waals surface area contributed by atoms with Gasteiger partial charge in [0.15, 0.2) is 5.84 Å². The molecule has 3 aromatic rings. The molecular formula is C22H23N5OS. The smallest absolute Gasteiger partial charge is 0.260 e. The lowest BCUT2D eigenvalue weighted by molar-refractivity contribution is 1.13. The van der Waals surface area contributed by atoms with Crippen LogP contribution in [0.2, 0.25) is 0 Å². The molecule has 5 N–H and O–H groups in total. The quantitative estimate of drug-likeness (QED) is 0.251. The molecule has 0 atom stereocenters. The third kappa shape index (κ3) is 4.14. The molecule has 1 aromatic carbocycles. The van der Waals surface area contributed by atoms with Gasteiger partial charge in [0, 0.05) is 22.3 Å². The van der Waals surface area contributed by atoms with Crippen LogP contribution >= 0.6 is 11.3 Å². The topological polar surface area (TPSA) is 110 Å². The van der Waals surface area contributed by atoms with Gasteiger partial charge in [-0.2, -0.15) is 5.10 Å². The number of hydrogen-bond donors (Lipinski definition) is 3. The van der Waals surface area contributed by atoms with E-state index in [1.54, 1.807) is 0 Å². The minimum Gasteiger partial charge on any atom is -0.382 e. The molecule has 29 heavy (non-hydrogen) atoms. The van der Waals surface area contributed by atoms with E-state index in [0.29, 0.717) is 11.3 Å². The lowest BCUT2D eigenvalue weighted by Crippen LogP contribution is -2.27. The second-order valence-electron chi connectivity index (χ2n) is 7.12. The molecule has 148 valence electrons. The number of allylic oxidation sites excluding steroid dienone is 1. The molecular weight excluding hydrogens is 382 g/mol. The monoisotopic (exact) mass is 405 g/mol. The highest BCUT2D eigenvalue weighted by atomic mass is 32.1. The van der Waals surface area contributed by atoms with Crippen molar-refractivity contribution in [2.24, 2.45) is 22.6 Å². The van der Waals surface area contributed by atoms with Crippen LogP contribution in [0.5, 0.6) is 0 Å². The average Bonchev–Trinajstić information content (AvgIpc) is 3.45. The first-order valence-electron chi connectivity index (χ1n) is 9.63. The molecule has 0 spiro atoms. The summed E-state index contributed by atoms with van der Waals surface area (Å²) in [4.78, 5) is 21.3. The highest BCUT2D eigenvalue weighted by Gasteiger charge is 2.19. The van der Waals surface area contributed by atoms with Crippen molar-refractivity contribution in [3.8, 4) is 21.8 Å². The Hall–Kier alpha value is -3.19. The molecule has 0 radical (unpaired) electrons. The number of hydrogen-bond acceptors (Lipinski definition) is 5. The zero-order valence-electron chi connectivity index (χ0n) is 16.2. The van der Waals surface area contributed by atoms with Crippen molar-refractivity contribution in [1.29, 1.82) is 0 Å². The number of amidine groups is 1. The van der Waals surface area contributed by atoms with Gasteiger partial charge < -0.3 is 16.6 Å². The van der Waals surface area contributed by atoms with E-state index < -0.39 is 0 Å². The first-order chi connectivity index (χ1) is 14.1. The Kier molecular flexibility index (Phi) is 5.31. The number of aryl methyl sites for hydroxylation is 1. The second-order valence-corrected chi connectivity index (χ2v) is 8.23. The Morgan fingerprint density at radius 1 is 1.34 bits per heavy atom. The highest BCUT2D eigenvalue weighted by molar-refractivity contribution is 7.15. The fourth-order valence-corrected chi connectivity index (χ4v) is 3.98. The maximum atomic E-state index is 12.8. The summed E-state index contributed by atoms with van der Waals surface area (Å²) < 4.78 is 0. The number of hydrazone groups is 1. The molecule has 1 aliphatic rings. The fourth-order valence-electron chi connectivity index (χ4n) is 3.11. The van der Waals surface area contributed by atoms with Crippen LogP contribution in [0.3, 0.4) is 0 Å². The summed E-state index contributed by atoms with van der Waals surface area (Å²) >= 11 is 1.53. The Bertz CT molecular complexity index is 1140. The zero-order chi connectivity index (χ0) is 20.4. The van der Waals surface area contributed by atoms with E-state index in [4.69, 9.17) is 11.6 Å². The highest BCUT2D eigenvalue weighted by Crippen LogP contribution is 2.32. The van der Waals surface area contributed by atoms with Crippen LogP contribution in [0.25, 0.3) is 27.9 Å². The van der Waals surface area contributed by atoms with E-state index >= 15 is 0 Å². The Morgan fingerprint density at radius 3 is 2.72 bits per heavy atom. The maximum absolute atomic E-state index is 12.8. The number of nitrogens with two attached hydrogens (primary N) is 2. The predicted molar refractivity (Wildman–Crippen MR) is 120 cm³/mol. The Balaban J connectivity index is 1.77. The molecule has 1 saturated carbocycles. The van der Waals surface area contributed by atoms with Gasteiger partial charge in [0.2, 0.25) is 0 Å². The minimum atomic E-state index is -0.338. The minimum absolute atomic E-state index is 0.0124. The average molecular weight is 406 g/mol. The SMILES string of the molecule is CCc1cnc(-c2cc(-c3ccc(/C=C/C4CC4)cc3)[nH]c(=O)c2/C(N)=N/N)s1. The molecule has 0 aliphatic heterocycles. The number of nitrogens with zero attached hydrogens (tertiary/aromatic N) is 2. The van der Waals surface area contributed by atoms with Crippen molar-refractivity contribution in [3.05, 3.63) is 69.0 Å². The molecule has 1 fully saturated rings. The molecule has 6 nitrogen and oxygen atoms in total. The number of rotatable bonds is 6. The third-order valence-electron chi connectivity index (χ3n) is 4.97. The number of H-pyrrole nitrogens is 1. The van der Waals surface area contributed by atoms with Crippen LogP contribution < -0.4 is 17.1 Å². The lowest BCUT2D eigenvalue weighted by atomic mass is 10.0. The van der Waals surface area contributed by atoms with Crippen molar-refractivity contribution in [2.45, 2.75) is 26.2 Å². The van der Waals surface area contributed by atoms with Crippen molar-refractivity contribution in [2.75, 3.05) is 0 Å². The number of aromatic amines is 1. The van der Waals surface area contributed by atoms with Crippen LogP contribution in [0, 0.1) is 5.92 Å². The van der Waals surface area contributed by atoms with E-state index in [1.165, 1.54) is 24.2 Å². The Labute approximate surface area is 173 Å². The third-order valence-corrected chi connectivity index (χ3v) is 6.14. The molecule has 0 bridgehead atoms. The van der Waals surface area contributed by atoms with Gasteiger partial charge in [0.25, 0.3) is 5.56 Å². The molecule has 1 aliphatic carbocycles. The molecule has 2 heterocycles. The van der Waals surface area contributed by atoms with Crippen LogP contribution in [0.4, 0.5) is 0 Å². The van der Waals surface area contributed by atoms with Crippen LogP contribution in [-0.2, 0) is 6.42 Å². The standard InChI is InChI=1S/C22H23N5OS/c1-2-16-12-25-22(29-16)17-11-18(26-21(28)19(17)20(23)27-24)15-9-7-14(8-10-15)6-5-13-3-4-13/h5-13H,2-4,24H2,1H3,(H2,23,27)(H,26,28)/b6-5+. The molecule has 4 rings (SSSR count). The van der Waals surface area contributed by atoms with E-state index in [1.807, 2.05) is 36.5 Å². The van der Waals surface area contributed by atoms with E-state index in [2.05, 4.69) is 34.1 Å². The number of thiazole rings is 1. The summed E-state index contributed by atoms with van der Waals surface area (Å²) in [6.45, 7) is 2.07. The molecule has 0 saturated heterocycles. The summed E-state index contributed by atoms with van der Waals surface area (Å²) in [5.74, 6) is 6.08. The van der Waals surface area contributed by atoms with E-state index in [-0.39, 0.29) is 17.0 Å². The largest absolute Gasteiger partial charge is 0.382 e. The summed E-state index contributed by atoms with van der Waals surface area (Å²) in [5, 5.41) is 4.25.